The van der Waals surface area contributed by atoms with Crippen molar-refractivity contribution in [3.8, 4) is 11.6 Å². The third-order valence-corrected chi connectivity index (χ3v) is 6.00. The molecule has 4 aromatic rings. The highest BCUT2D eigenvalue weighted by atomic mass is 35.5. The van der Waals surface area contributed by atoms with Crippen LogP contribution in [0.3, 0.4) is 0 Å². The lowest BCUT2D eigenvalue weighted by molar-refractivity contribution is -0.576. The largest absolute Gasteiger partial charge is 0.858 e. The average Bonchev–Trinajstić information content (AvgIpc) is 3.33. The van der Waals surface area contributed by atoms with E-state index in [4.69, 9.17) is 11.6 Å². The molecule has 2 aromatic carbocycles. The van der Waals surface area contributed by atoms with E-state index in [-0.39, 0.29) is 22.8 Å². The van der Waals surface area contributed by atoms with Gasteiger partial charge >= 0.3 is 5.91 Å². The van der Waals surface area contributed by atoms with Crippen LogP contribution in [0.25, 0.3) is 17.0 Å². The Kier molecular flexibility index (Phi) is 5.70. The molecule has 174 valence electrons. The molecule has 0 saturated carbocycles. The van der Waals surface area contributed by atoms with Gasteiger partial charge in [-0.1, -0.05) is 55.8 Å². The van der Waals surface area contributed by atoms with Crippen LogP contribution in [0.5, 0.6) is 5.88 Å². The molecule has 0 fully saturated rings. The van der Waals surface area contributed by atoms with Gasteiger partial charge < -0.3 is 5.11 Å². The van der Waals surface area contributed by atoms with E-state index in [0.29, 0.717) is 22.1 Å². The summed E-state index contributed by atoms with van der Waals surface area (Å²) >= 11 is 6.16. The number of carbonyl (C=O) groups excluding carboxylic acids is 2. The molecule has 5 rings (SSSR count). The minimum atomic E-state index is -0.602. The van der Waals surface area contributed by atoms with Crippen molar-refractivity contribution in [3.05, 3.63) is 101 Å². The molecule has 0 atom stereocenters. The Morgan fingerprint density at radius 1 is 0.886 bits per heavy atom. The Hall–Kier alpha value is -4.23. The first-order valence-corrected chi connectivity index (χ1v) is 11.5. The quantitative estimate of drug-likeness (QED) is 0.317. The minimum Gasteiger partial charge on any atom is -0.858 e. The van der Waals surface area contributed by atoms with Gasteiger partial charge in [-0.3, -0.25) is 9.59 Å². The predicted octanol–water partition coefficient (Wildman–Crippen LogP) is 3.95. The van der Waals surface area contributed by atoms with E-state index in [2.05, 4.69) is 5.10 Å². The summed E-state index contributed by atoms with van der Waals surface area (Å²) in [6, 6.07) is 20.8. The number of rotatable bonds is 5. The van der Waals surface area contributed by atoms with Crippen molar-refractivity contribution in [1.82, 2.24) is 9.78 Å². The van der Waals surface area contributed by atoms with E-state index >= 15 is 0 Å². The zero-order chi connectivity index (χ0) is 24.7. The summed E-state index contributed by atoms with van der Waals surface area (Å²) in [7, 11) is 0. The smallest absolute Gasteiger partial charge is 0.331 e. The van der Waals surface area contributed by atoms with Gasteiger partial charge in [0.05, 0.1) is 17.1 Å². The van der Waals surface area contributed by atoms with Crippen LogP contribution in [0.2, 0.25) is 5.02 Å². The molecule has 2 amide bonds. The third kappa shape index (κ3) is 3.80. The summed E-state index contributed by atoms with van der Waals surface area (Å²) in [5.41, 5.74) is 1.56. The Bertz CT molecular complexity index is 1480. The van der Waals surface area contributed by atoms with E-state index in [9.17, 15) is 14.7 Å². The van der Waals surface area contributed by atoms with Crippen LogP contribution in [-0.2, 0) is 9.59 Å². The van der Waals surface area contributed by atoms with Gasteiger partial charge in [0.15, 0.2) is 12.4 Å². The summed E-state index contributed by atoms with van der Waals surface area (Å²) in [5.74, 6) is -1.79. The van der Waals surface area contributed by atoms with E-state index in [1.165, 1.54) is 4.68 Å². The number of amides is 2. The molecular formula is C27H21ClN4O3. The number of hydrogen-bond donors (Lipinski definition) is 0. The van der Waals surface area contributed by atoms with Crippen LogP contribution < -0.4 is 14.6 Å². The first kappa shape index (κ1) is 22.6. The number of halogens is 1. The number of imide groups is 1. The molecule has 7 nitrogen and oxygen atoms in total. The molecule has 0 N–H and O–H groups in total. The topological polar surface area (TPSA) is 82.1 Å². The molecule has 8 heteroatoms. The zero-order valence-corrected chi connectivity index (χ0v) is 19.8. The van der Waals surface area contributed by atoms with Crippen LogP contribution in [-0.4, -0.2) is 21.6 Å². The fourth-order valence-corrected chi connectivity index (χ4v) is 4.37. The van der Waals surface area contributed by atoms with Crippen molar-refractivity contribution >= 4 is 40.4 Å². The first-order valence-electron chi connectivity index (χ1n) is 11.1. The zero-order valence-electron chi connectivity index (χ0n) is 19.1. The molecular weight excluding hydrogens is 464 g/mol. The summed E-state index contributed by atoms with van der Waals surface area (Å²) in [4.78, 5) is 28.7. The highest BCUT2D eigenvalue weighted by Gasteiger charge is 2.47. The van der Waals surface area contributed by atoms with Crippen molar-refractivity contribution in [1.29, 1.82) is 0 Å². The number of para-hydroxylation sites is 1. The summed E-state index contributed by atoms with van der Waals surface area (Å²) in [6.45, 7) is 3.79. The van der Waals surface area contributed by atoms with Gasteiger partial charge in [-0.2, -0.15) is 9.67 Å². The number of aromatic nitrogens is 3. The van der Waals surface area contributed by atoms with Gasteiger partial charge in [-0.15, -0.1) is 0 Å². The van der Waals surface area contributed by atoms with Crippen molar-refractivity contribution in [2.24, 2.45) is 0 Å². The summed E-state index contributed by atoms with van der Waals surface area (Å²) < 4.78 is 2.84. The number of nitrogens with zero attached hydrogens (tertiary/aromatic N) is 4. The lowest BCUT2D eigenvalue weighted by atomic mass is 9.98. The van der Waals surface area contributed by atoms with E-state index in [0.717, 1.165) is 4.90 Å². The van der Waals surface area contributed by atoms with Crippen LogP contribution in [0.1, 0.15) is 31.0 Å². The Morgan fingerprint density at radius 2 is 1.54 bits per heavy atom. The van der Waals surface area contributed by atoms with Gasteiger partial charge in [0.25, 0.3) is 11.6 Å². The number of benzene rings is 2. The highest BCUT2D eigenvalue weighted by Crippen LogP contribution is 2.40. The molecule has 35 heavy (non-hydrogen) atoms. The van der Waals surface area contributed by atoms with E-state index < -0.39 is 17.7 Å². The number of pyridine rings is 1. The molecule has 0 radical (unpaired) electrons. The fourth-order valence-electron chi connectivity index (χ4n) is 4.18. The molecule has 0 aliphatic carbocycles. The van der Waals surface area contributed by atoms with E-state index in [1.807, 2.05) is 19.9 Å². The van der Waals surface area contributed by atoms with Gasteiger partial charge in [0.1, 0.15) is 5.57 Å². The maximum Gasteiger partial charge on any atom is 0.331 e. The maximum absolute atomic E-state index is 13.9. The monoisotopic (exact) mass is 484 g/mol. The van der Waals surface area contributed by atoms with Crippen LogP contribution >= 0.6 is 11.6 Å². The molecule has 1 aliphatic rings. The molecule has 2 aromatic heterocycles. The standard InChI is InChI=1S/C27H21ClN4O3/c1-17(2)23-21(26(34)32(29-23)19-11-5-3-6-12-19)22-24(30-14-7-4-8-15-30)27(35)31(25(22)33)20-13-9-10-18(28)16-20/h3-17H,1-2H3. The number of carbonyl (C=O) groups is 2. The fraction of sp³-hybridized carbons (Fsp3) is 0.111. The summed E-state index contributed by atoms with van der Waals surface area (Å²) in [6.07, 6.45) is 3.34. The average molecular weight is 485 g/mol. The summed E-state index contributed by atoms with van der Waals surface area (Å²) in [5, 5.41) is 18.7. The highest BCUT2D eigenvalue weighted by molar-refractivity contribution is 6.53. The normalized spacial score (nSPS) is 13.9. The maximum atomic E-state index is 13.9. The molecule has 0 saturated heterocycles. The molecule has 0 bridgehead atoms. The Balaban J connectivity index is 1.79. The van der Waals surface area contributed by atoms with Crippen molar-refractivity contribution in [2.75, 3.05) is 4.90 Å². The van der Waals surface area contributed by atoms with Crippen molar-refractivity contribution < 1.29 is 19.3 Å². The van der Waals surface area contributed by atoms with Crippen molar-refractivity contribution in [3.63, 3.8) is 0 Å². The second kappa shape index (κ2) is 8.85. The molecule has 0 unspecified atom stereocenters. The van der Waals surface area contributed by atoms with Crippen LogP contribution in [0.15, 0.2) is 85.2 Å². The van der Waals surface area contributed by atoms with E-state index in [1.54, 1.807) is 83.7 Å². The lowest BCUT2D eigenvalue weighted by Gasteiger charge is -2.16. The molecule has 3 heterocycles. The predicted molar refractivity (Wildman–Crippen MR) is 131 cm³/mol. The molecule has 1 aliphatic heterocycles. The Morgan fingerprint density at radius 3 is 2.20 bits per heavy atom. The van der Waals surface area contributed by atoms with Gasteiger partial charge in [-0.05, 0) is 42.1 Å². The van der Waals surface area contributed by atoms with Gasteiger partial charge in [-0.25, -0.2) is 9.58 Å². The van der Waals surface area contributed by atoms with Crippen LogP contribution in [0, 0.1) is 0 Å². The molecule has 0 spiro atoms. The van der Waals surface area contributed by atoms with Gasteiger partial charge in [0.2, 0.25) is 0 Å². The minimum absolute atomic E-state index is 0.0158. The van der Waals surface area contributed by atoms with Crippen molar-refractivity contribution in [2.45, 2.75) is 19.8 Å². The second-order valence-electron chi connectivity index (χ2n) is 8.40. The Labute approximate surface area is 207 Å². The van der Waals surface area contributed by atoms with Gasteiger partial charge in [0, 0.05) is 22.7 Å². The van der Waals surface area contributed by atoms with Crippen LogP contribution in [0.4, 0.5) is 5.69 Å². The second-order valence-corrected chi connectivity index (χ2v) is 8.84. The number of hydrogen-bond acceptors (Lipinski definition) is 4. The number of anilines is 1. The SMILES string of the molecule is CC(C)c1nn(-c2ccccc2)c([O-])c1C1=C([n+]2ccccc2)C(=O)N(c2cccc(Cl)c2)C1=O. The third-order valence-electron chi connectivity index (χ3n) is 5.77. The lowest BCUT2D eigenvalue weighted by Crippen LogP contribution is -2.39. The first-order chi connectivity index (χ1) is 16.9.